The van der Waals surface area contributed by atoms with Crippen LogP contribution in [0.3, 0.4) is 0 Å². The summed E-state index contributed by atoms with van der Waals surface area (Å²) in [5.74, 6) is -0.536. The minimum atomic E-state index is -4.02. The molecule has 0 fully saturated rings. The van der Waals surface area contributed by atoms with E-state index in [4.69, 9.17) is 16.7 Å². The number of para-hydroxylation sites is 1. The number of halogens is 1. The molecule has 1 unspecified atom stereocenters. The number of fused-ring (bicyclic) bond motifs is 1. The van der Waals surface area contributed by atoms with E-state index in [-0.39, 0.29) is 28.1 Å². The van der Waals surface area contributed by atoms with Crippen LogP contribution in [-0.2, 0) is 10.0 Å². The standard InChI is InChI=1S/C40H31ClN4O4S/c1-26-16-21-31(22-17-26)50(48,49)44-35-15-9-8-14-32(35)40(47)45-30(20-18-27-10-4-2-5-11-27)25-36(43-45)38-37(28-12-6-3-7-13-28)33-24-29(41)19-23-34(33)42-39(38)46/h2-24,30,44H,25H2,1H3,(H,42,46)/b20-18+. The van der Waals surface area contributed by atoms with Crippen LogP contribution in [0.25, 0.3) is 28.1 Å². The lowest BCUT2D eigenvalue weighted by Crippen LogP contribution is -2.32. The number of benzene rings is 5. The number of hydrogen-bond acceptors (Lipinski definition) is 5. The van der Waals surface area contributed by atoms with Crippen molar-refractivity contribution in [1.29, 1.82) is 0 Å². The van der Waals surface area contributed by atoms with Crippen molar-refractivity contribution < 1.29 is 13.2 Å². The number of rotatable bonds is 8. The van der Waals surface area contributed by atoms with E-state index in [1.807, 2.05) is 79.7 Å². The molecule has 10 heteroatoms. The molecule has 0 aliphatic carbocycles. The van der Waals surface area contributed by atoms with Crippen molar-refractivity contribution in [3.05, 3.63) is 171 Å². The number of sulfonamides is 1. The third-order valence-corrected chi connectivity index (χ3v) is 10.1. The molecule has 0 bridgehead atoms. The Labute approximate surface area is 294 Å². The van der Waals surface area contributed by atoms with Crippen molar-refractivity contribution in [2.75, 3.05) is 4.72 Å². The summed E-state index contributed by atoms with van der Waals surface area (Å²) in [5.41, 5.74) is 4.48. The largest absolute Gasteiger partial charge is 0.321 e. The average Bonchev–Trinajstić information content (AvgIpc) is 3.55. The molecule has 0 spiro atoms. The lowest BCUT2D eigenvalue weighted by molar-refractivity contribution is 0.0743. The molecule has 1 aliphatic rings. The Kier molecular flexibility index (Phi) is 8.93. The molecule has 0 radical (unpaired) electrons. The summed E-state index contributed by atoms with van der Waals surface area (Å²) >= 11 is 6.46. The lowest BCUT2D eigenvalue weighted by atomic mass is 9.92. The van der Waals surface area contributed by atoms with E-state index in [2.05, 4.69) is 9.71 Å². The molecule has 6 aromatic rings. The van der Waals surface area contributed by atoms with Crippen LogP contribution in [0.4, 0.5) is 5.69 Å². The molecule has 1 aromatic heterocycles. The third-order valence-electron chi connectivity index (χ3n) is 8.52. The predicted molar refractivity (Wildman–Crippen MR) is 200 cm³/mol. The number of carbonyl (C=O) groups is 1. The molecule has 2 heterocycles. The molecular weight excluding hydrogens is 668 g/mol. The zero-order chi connectivity index (χ0) is 34.8. The van der Waals surface area contributed by atoms with E-state index in [1.165, 1.54) is 17.1 Å². The maximum atomic E-state index is 14.5. The first kappa shape index (κ1) is 32.8. The van der Waals surface area contributed by atoms with Crippen LogP contribution in [0.5, 0.6) is 0 Å². The predicted octanol–water partition coefficient (Wildman–Crippen LogP) is 8.29. The molecule has 50 heavy (non-hydrogen) atoms. The Hall–Kier alpha value is -5.77. The van der Waals surface area contributed by atoms with Crippen molar-refractivity contribution >= 4 is 55.9 Å². The highest BCUT2D eigenvalue weighted by Gasteiger charge is 2.35. The van der Waals surface area contributed by atoms with Crippen LogP contribution in [0, 0.1) is 6.92 Å². The fourth-order valence-corrected chi connectivity index (χ4v) is 7.31. The van der Waals surface area contributed by atoms with Gasteiger partial charge in [0.15, 0.2) is 0 Å². The molecule has 5 aromatic carbocycles. The van der Waals surface area contributed by atoms with E-state index in [9.17, 15) is 18.0 Å². The number of anilines is 1. The van der Waals surface area contributed by atoms with Crippen LogP contribution in [-0.4, -0.2) is 36.1 Å². The second kappa shape index (κ2) is 13.6. The van der Waals surface area contributed by atoms with Crippen LogP contribution in [0.2, 0.25) is 5.02 Å². The number of amides is 1. The Bertz CT molecular complexity index is 2460. The van der Waals surface area contributed by atoms with Crippen molar-refractivity contribution in [3.63, 3.8) is 0 Å². The van der Waals surface area contributed by atoms with Gasteiger partial charge in [0.2, 0.25) is 0 Å². The number of nitrogens with one attached hydrogen (secondary N) is 2. The molecule has 0 saturated carbocycles. The highest BCUT2D eigenvalue weighted by atomic mass is 35.5. The van der Waals surface area contributed by atoms with Crippen LogP contribution in [0.15, 0.2) is 148 Å². The van der Waals surface area contributed by atoms with Crippen molar-refractivity contribution in [2.45, 2.75) is 24.3 Å². The normalized spacial score (nSPS) is 14.6. The fourth-order valence-electron chi connectivity index (χ4n) is 6.06. The number of aromatic amines is 1. The first-order chi connectivity index (χ1) is 24.2. The molecule has 0 saturated heterocycles. The average molecular weight is 699 g/mol. The summed E-state index contributed by atoms with van der Waals surface area (Å²) in [5, 5.41) is 7.39. The van der Waals surface area contributed by atoms with E-state index in [0.29, 0.717) is 27.4 Å². The van der Waals surface area contributed by atoms with E-state index < -0.39 is 22.0 Å². The molecule has 7 rings (SSSR count). The maximum absolute atomic E-state index is 14.5. The first-order valence-corrected chi connectivity index (χ1v) is 17.8. The summed E-state index contributed by atoms with van der Waals surface area (Å²) in [6.07, 6.45) is 4.00. The second-order valence-corrected chi connectivity index (χ2v) is 14.1. The first-order valence-electron chi connectivity index (χ1n) is 15.9. The zero-order valence-electron chi connectivity index (χ0n) is 26.9. The summed E-state index contributed by atoms with van der Waals surface area (Å²) in [6, 6.07) is 36.7. The van der Waals surface area contributed by atoms with Crippen molar-refractivity contribution in [1.82, 2.24) is 9.99 Å². The molecule has 1 aliphatic heterocycles. The minimum Gasteiger partial charge on any atom is -0.321 e. The maximum Gasteiger partial charge on any atom is 0.276 e. The second-order valence-electron chi connectivity index (χ2n) is 12.0. The van der Waals surface area contributed by atoms with Gasteiger partial charge < -0.3 is 4.98 Å². The highest BCUT2D eigenvalue weighted by molar-refractivity contribution is 7.92. The van der Waals surface area contributed by atoms with Gasteiger partial charge >= 0.3 is 0 Å². The van der Waals surface area contributed by atoms with Gasteiger partial charge in [0.05, 0.1) is 33.5 Å². The fraction of sp³-hybridized carbons (Fsp3) is 0.0750. The number of hydrazone groups is 1. The van der Waals surface area contributed by atoms with Gasteiger partial charge in [-0.15, -0.1) is 0 Å². The molecule has 2 N–H and O–H groups in total. The number of nitrogens with zero attached hydrogens (tertiary/aromatic N) is 2. The highest BCUT2D eigenvalue weighted by Crippen LogP contribution is 2.35. The Morgan fingerprint density at radius 2 is 1.56 bits per heavy atom. The van der Waals surface area contributed by atoms with Gasteiger partial charge in [0.1, 0.15) is 0 Å². The Morgan fingerprint density at radius 3 is 2.30 bits per heavy atom. The van der Waals surface area contributed by atoms with Gasteiger partial charge in [-0.25, -0.2) is 13.4 Å². The number of H-pyrrole nitrogens is 1. The van der Waals surface area contributed by atoms with Gasteiger partial charge in [0.25, 0.3) is 21.5 Å². The third kappa shape index (κ3) is 6.61. The van der Waals surface area contributed by atoms with E-state index in [1.54, 1.807) is 54.6 Å². The quantitative estimate of drug-likeness (QED) is 0.167. The monoisotopic (exact) mass is 698 g/mol. The molecule has 1 amide bonds. The number of pyridine rings is 1. The number of hydrogen-bond donors (Lipinski definition) is 2. The summed E-state index contributed by atoms with van der Waals surface area (Å²) in [7, 11) is -4.02. The Morgan fingerprint density at radius 1 is 0.880 bits per heavy atom. The van der Waals surface area contributed by atoms with Crippen LogP contribution in [0.1, 0.15) is 33.5 Å². The van der Waals surface area contributed by atoms with E-state index in [0.717, 1.165) is 22.1 Å². The number of aryl methyl sites for hydroxylation is 1. The van der Waals surface area contributed by atoms with Gasteiger partial charge in [0, 0.05) is 27.9 Å². The number of carbonyl (C=O) groups excluding carboxylic acids is 1. The van der Waals surface area contributed by atoms with Gasteiger partial charge in [-0.1, -0.05) is 114 Å². The van der Waals surface area contributed by atoms with Crippen LogP contribution >= 0.6 is 11.6 Å². The molecule has 1 atom stereocenters. The van der Waals surface area contributed by atoms with Crippen molar-refractivity contribution in [3.8, 4) is 11.1 Å². The summed E-state index contributed by atoms with van der Waals surface area (Å²) < 4.78 is 29.4. The lowest BCUT2D eigenvalue weighted by Gasteiger charge is -2.21. The van der Waals surface area contributed by atoms with E-state index >= 15 is 0 Å². The SMILES string of the molecule is Cc1ccc(S(=O)(=O)Nc2ccccc2C(=O)N2N=C(c3c(-c4ccccc4)c4cc(Cl)ccc4[nH]c3=O)CC2/C=C/c2ccccc2)cc1. The molecule has 248 valence electrons. The zero-order valence-corrected chi connectivity index (χ0v) is 28.4. The summed E-state index contributed by atoms with van der Waals surface area (Å²) in [4.78, 5) is 31.5. The van der Waals surface area contributed by atoms with Gasteiger partial charge in [-0.05, 0) is 60.5 Å². The minimum absolute atomic E-state index is 0.0691. The topological polar surface area (TPSA) is 112 Å². The van der Waals surface area contributed by atoms with Gasteiger partial charge in [-0.3, -0.25) is 14.3 Å². The molecule has 8 nitrogen and oxygen atoms in total. The smallest absolute Gasteiger partial charge is 0.276 e. The number of aromatic nitrogens is 1. The molecular formula is C40H31ClN4O4S. The Balaban J connectivity index is 1.35. The van der Waals surface area contributed by atoms with Gasteiger partial charge in [-0.2, -0.15) is 5.10 Å². The van der Waals surface area contributed by atoms with Crippen LogP contribution < -0.4 is 10.3 Å². The summed E-state index contributed by atoms with van der Waals surface area (Å²) in [6.45, 7) is 1.87. The van der Waals surface area contributed by atoms with Crippen molar-refractivity contribution in [2.24, 2.45) is 5.10 Å².